The second-order valence-corrected chi connectivity index (χ2v) is 2.58. The molecule has 0 fully saturated rings. The first kappa shape index (κ1) is 8.99. The molecule has 0 bridgehead atoms. The van der Waals surface area contributed by atoms with Crippen molar-refractivity contribution >= 4 is 12.4 Å². The quantitative estimate of drug-likeness (QED) is 0.521. The number of halogens is 1. The van der Waals surface area contributed by atoms with Crippen LogP contribution >= 0.6 is 12.4 Å². The fraction of sp³-hybridized carbons (Fsp3) is 0.714. The molecule has 0 radical (unpaired) electrons. The molecule has 1 nitrogen and oxygen atoms in total. The van der Waals surface area contributed by atoms with E-state index in [4.69, 9.17) is 5.73 Å². The fourth-order valence-electron chi connectivity index (χ4n) is 0.986. The van der Waals surface area contributed by atoms with Gasteiger partial charge in [-0.15, -0.1) is 12.4 Å². The van der Waals surface area contributed by atoms with Gasteiger partial charge in [-0.25, -0.2) is 0 Å². The Bertz CT molecular complexity index is 109. The molecule has 0 unspecified atom stereocenters. The summed E-state index contributed by atoms with van der Waals surface area (Å²) in [7, 11) is 0. The molecule has 1 aliphatic carbocycles. The van der Waals surface area contributed by atoms with Crippen molar-refractivity contribution in [1.82, 2.24) is 0 Å². The molecule has 0 saturated carbocycles. The van der Waals surface area contributed by atoms with Crippen LogP contribution in [0.5, 0.6) is 0 Å². The summed E-state index contributed by atoms with van der Waals surface area (Å²) in [5.74, 6) is 0. The Morgan fingerprint density at radius 1 is 1.67 bits per heavy atom. The Morgan fingerprint density at radius 3 is 2.67 bits per heavy atom. The van der Waals surface area contributed by atoms with Crippen molar-refractivity contribution in [1.29, 1.82) is 0 Å². The van der Waals surface area contributed by atoms with Crippen molar-refractivity contribution in [3.05, 3.63) is 11.6 Å². The molecule has 0 aromatic heterocycles. The van der Waals surface area contributed by atoms with Crippen LogP contribution in [0.25, 0.3) is 0 Å². The number of hydrogen-bond donors (Lipinski definition) is 1. The van der Waals surface area contributed by atoms with E-state index in [1.54, 1.807) is 0 Å². The van der Waals surface area contributed by atoms with E-state index in [1.165, 1.54) is 18.4 Å². The number of rotatable bonds is 0. The standard InChI is InChI=1S/C7H13N.ClH/c1-6-2-4-7(8)5-3-6;/h2,7H,3-5,8H2,1H3;1H/t7-;/m1./s1. The van der Waals surface area contributed by atoms with Crippen LogP contribution in [0.3, 0.4) is 0 Å². The molecule has 9 heavy (non-hydrogen) atoms. The molecular formula is C7H14ClN. The number of nitrogens with two attached hydrogens (primary N) is 1. The predicted octanol–water partition coefficient (Wildman–Crippen LogP) is 1.87. The molecule has 0 spiro atoms. The normalized spacial score (nSPS) is 26.4. The molecule has 54 valence electrons. The number of allylic oxidation sites excluding steroid dienone is 1. The average Bonchev–Trinajstić information content (AvgIpc) is 1.77. The van der Waals surface area contributed by atoms with E-state index in [0.29, 0.717) is 6.04 Å². The summed E-state index contributed by atoms with van der Waals surface area (Å²) < 4.78 is 0. The summed E-state index contributed by atoms with van der Waals surface area (Å²) in [6.45, 7) is 2.17. The van der Waals surface area contributed by atoms with E-state index < -0.39 is 0 Å². The molecular weight excluding hydrogens is 134 g/mol. The van der Waals surface area contributed by atoms with Gasteiger partial charge >= 0.3 is 0 Å². The van der Waals surface area contributed by atoms with Crippen molar-refractivity contribution < 1.29 is 0 Å². The minimum absolute atomic E-state index is 0. The van der Waals surface area contributed by atoms with Gasteiger partial charge in [-0.3, -0.25) is 0 Å². The van der Waals surface area contributed by atoms with Gasteiger partial charge in [0.1, 0.15) is 0 Å². The van der Waals surface area contributed by atoms with Crippen LogP contribution in [0, 0.1) is 0 Å². The molecule has 0 saturated heterocycles. The van der Waals surface area contributed by atoms with Crippen LogP contribution in [0.4, 0.5) is 0 Å². The van der Waals surface area contributed by atoms with Crippen LogP contribution in [0.2, 0.25) is 0 Å². The summed E-state index contributed by atoms with van der Waals surface area (Å²) in [6.07, 6.45) is 5.73. The highest BCUT2D eigenvalue weighted by molar-refractivity contribution is 5.85. The predicted molar refractivity (Wildman–Crippen MR) is 42.8 cm³/mol. The van der Waals surface area contributed by atoms with Crippen LogP contribution in [-0.2, 0) is 0 Å². The highest BCUT2D eigenvalue weighted by Gasteiger charge is 2.05. The largest absolute Gasteiger partial charge is 0.327 e. The Morgan fingerprint density at radius 2 is 2.33 bits per heavy atom. The van der Waals surface area contributed by atoms with Gasteiger partial charge in [0, 0.05) is 6.04 Å². The van der Waals surface area contributed by atoms with Gasteiger partial charge < -0.3 is 5.73 Å². The van der Waals surface area contributed by atoms with Crippen LogP contribution in [0.15, 0.2) is 11.6 Å². The number of hydrogen-bond acceptors (Lipinski definition) is 1. The van der Waals surface area contributed by atoms with Gasteiger partial charge in [0.15, 0.2) is 0 Å². The van der Waals surface area contributed by atoms with E-state index in [-0.39, 0.29) is 12.4 Å². The van der Waals surface area contributed by atoms with Gasteiger partial charge in [-0.2, -0.15) is 0 Å². The third-order valence-corrected chi connectivity index (χ3v) is 1.68. The lowest BCUT2D eigenvalue weighted by Crippen LogP contribution is -2.21. The zero-order valence-electron chi connectivity index (χ0n) is 5.76. The molecule has 1 rings (SSSR count). The zero-order chi connectivity index (χ0) is 5.98. The van der Waals surface area contributed by atoms with E-state index in [2.05, 4.69) is 13.0 Å². The van der Waals surface area contributed by atoms with Gasteiger partial charge in [0.25, 0.3) is 0 Å². The SMILES string of the molecule is CC1=CC[C@@H](N)CC1.Cl. The molecule has 0 amide bonds. The van der Waals surface area contributed by atoms with Gasteiger partial charge in [-0.05, 0) is 26.2 Å². The minimum Gasteiger partial charge on any atom is -0.327 e. The summed E-state index contributed by atoms with van der Waals surface area (Å²) in [6, 6.07) is 0.443. The van der Waals surface area contributed by atoms with E-state index >= 15 is 0 Å². The van der Waals surface area contributed by atoms with Crippen molar-refractivity contribution in [2.45, 2.75) is 32.2 Å². The monoisotopic (exact) mass is 147 g/mol. The van der Waals surface area contributed by atoms with E-state index in [0.717, 1.165) is 6.42 Å². The van der Waals surface area contributed by atoms with E-state index in [9.17, 15) is 0 Å². The van der Waals surface area contributed by atoms with Gasteiger partial charge in [0.05, 0.1) is 0 Å². The Kier molecular flexibility index (Phi) is 3.91. The molecule has 1 atom stereocenters. The highest BCUT2D eigenvalue weighted by Crippen LogP contribution is 2.14. The van der Waals surface area contributed by atoms with Crippen LogP contribution in [-0.4, -0.2) is 6.04 Å². The summed E-state index contributed by atoms with van der Waals surface area (Å²) in [4.78, 5) is 0. The molecule has 0 aromatic carbocycles. The average molecular weight is 148 g/mol. The molecule has 1 aliphatic rings. The highest BCUT2D eigenvalue weighted by atomic mass is 35.5. The summed E-state index contributed by atoms with van der Waals surface area (Å²) >= 11 is 0. The lowest BCUT2D eigenvalue weighted by Gasteiger charge is -2.14. The van der Waals surface area contributed by atoms with Crippen molar-refractivity contribution in [2.24, 2.45) is 5.73 Å². The maximum Gasteiger partial charge on any atom is 0.00765 e. The fourth-order valence-corrected chi connectivity index (χ4v) is 0.986. The molecule has 2 heteroatoms. The second kappa shape index (κ2) is 3.91. The van der Waals surface area contributed by atoms with Crippen molar-refractivity contribution in [2.75, 3.05) is 0 Å². The molecule has 2 N–H and O–H groups in total. The molecule has 0 aliphatic heterocycles. The lowest BCUT2D eigenvalue weighted by molar-refractivity contribution is 0.590. The van der Waals surface area contributed by atoms with Crippen LogP contribution in [0.1, 0.15) is 26.2 Å². The summed E-state index contributed by atoms with van der Waals surface area (Å²) in [5.41, 5.74) is 7.16. The van der Waals surface area contributed by atoms with Crippen molar-refractivity contribution in [3.8, 4) is 0 Å². The van der Waals surface area contributed by atoms with Crippen molar-refractivity contribution in [3.63, 3.8) is 0 Å². The second-order valence-electron chi connectivity index (χ2n) is 2.58. The first-order valence-electron chi connectivity index (χ1n) is 3.20. The zero-order valence-corrected chi connectivity index (χ0v) is 6.58. The first-order chi connectivity index (χ1) is 3.79. The van der Waals surface area contributed by atoms with Crippen LogP contribution < -0.4 is 5.73 Å². The maximum absolute atomic E-state index is 5.65. The Balaban J connectivity index is 0.000000640. The first-order valence-corrected chi connectivity index (χ1v) is 3.20. The Labute approximate surface area is 62.7 Å². The molecule has 0 heterocycles. The topological polar surface area (TPSA) is 26.0 Å². The van der Waals surface area contributed by atoms with Gasteiger partial charge in [0.2, 0.25) is 0 Å². The maximum atomic E-state index is 5.65. The third-order valence-electron chi connectivity index (χ3n) is 1.68. The van der Waals surface area contributed by atoms with E-state index in [1.807, 2.05) is 0 Å². The Hall–Kier alpha value is -0.0100. The minimum atomic E-state index is 0. The smallest absolute Gasteiger partial charge is 0.00765 e. The molecule has 0 aromatic rings. The summed E-state index contributed by atoms with van der Waals surface area (Å²) in [5, 5.41) is 0. The lowest BCUT2D eigenvalue weighted by atomic mass is 9.97. The van der Waals surface area contributed by atoms with Gasteiger partial charge in [-0.1, -0.05) is 11.6 Å². The third kappa shape index (κ3) is 2.87.